The highest BCUT2D eigenvalue weighted by Gasteiger charge is 2.55. The van der Waals surface area contributed by atoms with E-state index in [9.17, 15) is 0 Å². The number of hydrogen-bond acceptors (Lipinski definition) is 2. The Morgan fingerprint density at radius 2 is 1.50 bits per heavy atom. The first-order chi connectivity index (χ1) is 7.29. The van der Waals surface area contributed by atoms with E-state index in [-0.39, 0.29) is 22.9 Å². The van der Waals surface area contributed by atoms with Crippen LogP contribution in [0.15, 0.2) is 0 Å². The molecule has 16 heavy (non-hydrogen) atoms. The molecule has 1 spiro atoms. The van der Waals surface area contributed by atoms with Crippen molar-refractivity contribution in [3.05, 3.63) is 0 Å². The van der Waals surface area contributed by atoms with Crippen molar-refractivity contribution in [1.29, 1.82) is 0 Å². The molecule has 1 heterocycles. The van der Waals surface area contributed by atoms with Gasteiger partial charge in [-0.05, 0) is 33.6 Å². The molecule has 0 aromatic heterocycles. The Morgan fingerprint density at radius 1 is 0.938 bits per heavy atom. The predicted molar refractivity (Wildman–Crippen MR) is 65.3 cm³/mol. The van der Waals surface area contributed by atoms with E-state index in [4.69, 9.17) is 9.47 Å². The maximum Gasteiger partial charge on any atom is 0.169 e. The predicted octanol–water partition coefficient (Wildman–Crippen LogP) is 3.89. The van der Waals surface area contributed by atoms with Crippen LogP contribution in [0.4, 0.5) is 0 Å². The molecule has 2 heteroatoms. The molecule has 0 N–H and O–H groups in total. The summed E-state index contributed by atoms with van der Waals surface area (Å²) >= 11 is 0. The van der Waals surface area contributed by atoms with Gasteiger partial charge in [-0.1, -0.05) is 20.3 Å². The molecule has 2 fully saturated rings. The van der Waals surface area contributed by atoms with Gasteiger partial charge in [0, 0.05) is 18.3 Å². The van der Waals surface area contributed by atoms with E-state index in [1.165, 1.54) is 19.3 Å². The Morgan fingerprint density at radius 3 is 2.00 bits per heavy atom. The van der Waals surface area contributed by atoms with Crippen LogP contribution in [0.3, 0.4) is 0 Å². The summed E-state index contributed by atoms with van der Waals surface area (Å²) in [6.07, 6.45) is 6.20. The lowest BCUT2D eigenvalue weighted by Gasteiger charge is -2.57. The van der Waals surface area contributed by atoms with Gasteiger partial charge in [0.15, 0.2) is 5.79 Å². The van der Waals surface area contributed by atoms with Gasteiger partial charge in [-0.2, -0.15) is 0 Å². The maximum atomic E-state index is 6.37. The molecule has 94 valence electrons. The van der Waals surface area contributed by atoms with Gasteiger partial charge in [-0.3, -0.25) is 0 Å². The SMILES string of the molecule is CC1OC2(CCCCC2)OC(C)(C)C1(C)C. The summed E-state index contributed by atoms with van der Waals surface area (Å²) in [7, 11) is 0. The van der Waals surface area contributed by atoms with Crippen molar-refractivity contribution >= 4 is 0 Å². The fourth-order valence-electron chi connectivity index (χ4n) is 2.89. The first-order valence-corrected chi connectivity index (χ1v) is 6.67. The quantitative estimate of drug-likeness (QED) is 0.624. The van der Waals surface area contributed by atoms with Crippen molar-refractivity contribution in [2.75, 3.05) is 0 Å². The monoisotopic (exact) mass is 226 g/mol. The molecule has 1 aliphatic heterocycles. The van der Waals surface area contributed by atoms with Crippen LogP contribution in [0.2, 0.25) is 0 Å². The Hall–Kier alpha value is -0.0800. The summed E-state index contributed by atoms with van der Waals surface area (Å²) in [6, 6.07) is 0. The molecule has 1 saturated carbocycles. The van der Waals surface area contributed by atoms with Crippen molar-refractivity contribution < 1.29 is 9.47 Å². The van der Waals surface area contributed by atoms with Gasteiger partial charge in [0.1, 0.15) is 0 Å². The van der Waals surface area contributed by atoms with E-state index >= 15 is 0 Å². The van der Waals surface area contributed by atoms with Crippen molar-refractivity contribution in [2.45, 2.75) is 84.2 Å². The standard InChI is InChI=1S/C14H26O2/c1-11-12(2,3)13(4,5)16-14(15-11)9-7-6-8-10-14/h11H,6-10H2,1-5H3. The molecule has 2 rings (SSSR count). The molecule has 0 bridgehead atoms. The third kappa shape index (κ3) is 1.80. The molecular weight excluding hydrogens is 200 g/mol. The Balaban J connectivity index is 2.22. The van der Waals surface area contributed by atoms with Crippen LogP contribution < -0.4 is 0 Å². The third-order valence-electron chi connectivity index (χ3n) is 5.02. The lowest BCUT2D eigenvalue weighted by Crippen LogP contribution is -2.62. The highest BCUT2D eigenvalue weighted by molar-refractivity contribution is 4.99. The highest BCUT2D eigenvalue weighted by Crippen LogP contribution is 2.50. The molecule has 0 aromatic carbocycles. The first-order valence-electron chi connectivity index (χ1n) is 6.67. The summed E-state index contributed by atoms with van der Waals surface area (Å²) in [5.41, 5.74) is -0.0439. The molecule has 1 atom stereocenters. The van der Waals surface area contributed by atoms with Crippen LogP contribution in [0, 0.1) is 5.41 Å². The molecule has 1 aliphatic carbocycles. The lowest BCUT2D eigenvalue weighted by molar-refractivity contribution is -0.389. The summed E-state index contributed by atoms with van der Waals surface area (Å²) in [4.78, 5) is 0. The van der Waals surface area contributed by atoms with Gasteiger partial charge >= 0.3 is 0 Å². The average molecular weight is 226 g/mol. The first kappa shape index (κ1) is 12.4. The molecule has 1 unspecified atom stereocenters. The zero-order chi connectivity index (χ0) is 12.0. The van der Waals surface area contributed by atoms with Gasteiger partial charge in [0.2, 0.25) is 0 Å². The fourth-order valence-corrected chi connectivity index (χ4v) is 2.89. The lowest BCUT2D eigenvalue weighted by atomic mass is 9.71. The largest absolute Gasteiger partial charge is 0.346 e. The Labute approximate surface area is 99.7 Å². The van der Waals surface area contributed by atoms with Crippen molar-refractivity contribution in [3.8, 4) is 0 Å². The highest BCUT2D eigenvalue weighted by atomic mass is 16.7. The summed E-state index contributed by atoms with van der Waals surface area (Å²) in [5.74, 6) is -0.281. The van der Waals surface area contributed by atoms with Crippen LogP contribution in [0.25, 0.3) is 0 Å². The zero-order valence-electron chi connectivity index (χ0n) is 11.4. The molecule has 0 aromatic rings. The van der Waals surface area contributed by atoms with Crippen LogP contribution in [0.5, 0.6) is 0 Å². The van der Waals surface area contributed by atoms with E-state index < -0.39 is 0 Å². The number of ether oxygens (including phenoxy) is 2. The van der Waals surface area contributed by atoms with Gasteiger partial charge in [0.05, 0.1) is 11.7 Å². The van der Waals surface area contributed by atoms with Crippen molar-refractivity contribution in [3.63, 3.8) is 0 Å². The van der Waals surface area contributed by atoms with Crippen LogP contribution >= 0.6 is 0 Å². The molecule has 0 radical (unpaired) electrons. The van der Waals surface area contributed by atoms with Crippen LogP contribution in [0.1, 0.15) is 66.7 Å². The molecule has 2 aliphatic rings. The van der Waals surface area contributed by atoms with Crippen molar-refractivity contribution in [1.82, 2.24) is 0 Å². The minimum atomic E-state index is -0.281. The molecule has 2 nitrogen and oxygen atoms in total. The van der Waals surface area contributed by atoms with E-state index in [0.29, 0.717) is 0 Å². The van der Waals surface area contributed by atoms with E-state index in [0.717, 1.165) is 12.8 Å². The summed E-state index contributed by atoms with van der Waals surface area (Å²) < 4.78 is 12.6. The van der Waals surface area contributed by atoms with E-state index in [1.54, 1.807) is 0 Å². The van der Waals surface area contributed by atoms with Gasteiger partial charge < -0.3 is 9.47 Å². The second-order valence-electron chi connectivity index (χ2n) is 6.57. The van der Waals surface area contributed by atoms with Crippen LogP contribution in [-0.4, -0.2) is 17.5 Å². The smallest absolute Gasteiger partial charge is 0.169 e. The zero-order valence-corrected chi connectivity index (χ0v) is 11.4. The average Bonchev–Trinajstić information content (AvgIpc) is 2.15. The van der Waals surface area contributed by atoms with E-state index in [1.807, 2.05) is 0 Å². The second kappa shape index (κ2) is 3.71. The number of hydrogen-bond donors (Lipinski definition) is 0. The second-order valence-corrected chi connectivity index (χ2v) is 6.57. The molecule has 0 amide bonds. The molecule has 1 saturated heterocycles. The van der Waals surface area contributed by atoms with E-state index in [2.05, 4.69) is 34.6 Å². The Bertz CT molecular complexity index is 262. The number of rotatable bonds is 0. The van der Waals surface area contributed by atoms with Crippen molar-refractivity contribution in [2.24, 2.45) is 5.41 Å². The minimum Gasteiger partial charge on any atom is -0.346 e. The van der Waals surface area contributed by atoms with Gasteiger partial charge in [-0.15, -0.1) is 0 Å². The molecular formula is C14H26O2. The summed E-state index contributed by atoms with van der Waals surface area (Å²) in [6.45, 7) is 11.1. The minimum absolute atomic E-state index is 0.0652. The van der Waals surface area contributed by atoms with Gasteiger partial charge in [-0.25, -0.2) is 0 Å². The third-order valence-corrected chi connectivity index (χ3v) is 5.02. The van der Waals surface area contributed by atoms with Crippen LogP contribution in [-0.2, 0) is 9.47 Å². The fraction of sp³-hybridized carbons (Fsp3) is 1.00. The normalized spacial score (nSPS) is 36.2. The maximum absolute atomic E-state index is 6.37. The van der Waals surface area contributed by atoms with Gasteiger partial charge in [0.25, 0.3) is 0 Å². The topological polar surface area (TPSA) is 18.5 Å². The summed E-state index contributed by atoms with van der Waals surface area (Å²) in [5, 5.41) is 0. The Kier molecular flexibility index (Phi) is 2.87.